The molecule has 1 saturated heterocycles. The van der Waals surface area contributed by atoms with Gasteiger partial charge in [-0.25, -0.2) is 4.79 Å². The van der Waals surface area contributed by atoms with E-state index in [1.165, 1.54) is 0 Å². The number of aliphatic imine (C=N–C) groups is 1. The maximum Gasteiger partial charge on any atom is 0.322 e. The molecule has 2 N–H and O–H groups in total. The fourth-order valence-corrected chi connectivity index (χ4v) is 1.17. The second-order valence-electron chi connectivity index (χ2n) is 3.83. The van der Waals surface area contributed by atoms with E-state index in [0.717, 1.165) is 5.71 Å². The van der Waals surface area contributed by atoms with E-state index in [1.807, 2.05) is 26.8 Å². The number of imide groups is 1. The molecule has 1 atom stereocenters. The number of hydrogen-bond donors (Lipinski definition) is 2. The zero-order valence-electron chi connectivity index (χ0n) is 10.6. The van der Waals surface area contributed by atoms with Gasteiger partial charge in [-0.2, -0.15) is 0 Å². The Labute approximate surface area is 106 Å². The Morgan fingerprint density at radius 3 is 2.61 bits per heavy atom. The van der Waals surface area contributed by atoms with E-state index < -0.39 is 18.0 Å². The number of rotatable bonds is 2. The van der Waals surface area contributed by atoms with Gasteiger partial charge in [0.25, 0.3) is 5.91 Å². The fourth-order valence-electron chi connectivity index (χ4n) is 1.17. The molecular formula is C13H15N3O2. The summed E-state index contributed by atoms with van der Waals surface area (Å²) in [5.41, 5.74) is 1.58. The molecule has 0 aromatic heterocycles. The number of carbonyl (C=O) groups is 2. The van der Waals surface area contributed by atoms with Gasteiger partial charge in [-0.3, -0.25) is 15.1 Å². The van der Waals surface area contributed by atoms with Crippen LogP contribution in [0.15, 0.2) is 28.9 Å². The van der Waals surface area contributed by atoms with Crippen LogP contribution in [0.4, 0.5) is 4.79 Å². The Bertz CT molecular complexity index is 500. The van der Waals surface area contributed by atoms with E-state index in [1.54, 1.807) is 12.3 Å². The fraction of sp³-hybridized carbons (Fsp3) is 0.308. The second kappa shape index (κ2) is 6.40. The van der Waals surface area contributed by atoms with Gasteiger partial charge in [0, 0.05) is 17.5 Å². The normalized spacial score (nSPS) is 19.1. The number of nitrogens with one attached hydrogen (secondary N) is 2. The summed E-state index contributed by atoms with van der Waals surface area (Å²) < 4.78 is 0. The molecule has 94 valence electrons. The maximum absolute atomic E-state index is 11.3. The summed E-state index contributed by atoms with van der Waals surface area (Å²) in [6, 6.07) is -1.31. The summed E-state index contributed by atoms with van der Waals surface area (Å²) in [4.78, 5) is 26.3. The van der Waals surface area contributed by atoms with Crippen LogP contribution >= 0.6 is 0 Å². The first-order valence-electron chi connectivity index (χ1n) is 5.49. The average molecular weight is 245 g/mol. The van der Waals surface area contributed by atoms with Crippen molar-refractivity contribution in [2.75, 3.05) is 0 Å². The predicted molar refractivity (Wildman–Crippen MR) is 69.9 cm³/mol. The topological polar surface area (TPSA) is 70.6 Å². The lowest BCUT2D eigenvalue weighted by Gasteiger charge is -1.95. The van der Waals surface area contributed by atoms with Crippen LogP contribution in [0.1, 0.15) is 20.8 Å². The highest BCUT2D eigenvalue weighted by Crippen LogP contribution is 1.98. The molecule has 0 saturated carbocycles. The molecule has 0 aromatic carbocycles. The van der Waals surface area contributed by atoms with Crippen molar-refractivity contribution in [1.82, 2.24) is 10.6 Å². The lowest BCUT2D eigenvalue weighted by atomic mass is 10.2. The number of urea groups is 1. The SMILES string of the molecule is C/C=C\C(C#CC1NC(=O)NC1=O)=C/N=C(C)C. The molecule has 0 aliphatic carbocycles. The van der Waals surface area contributed by atoms with Crippen LogP contribution in [0.3, 0.4) is 0 Å². The van der Waals surface area contributed by atoms with Gasteiger partial charge in [0.1, 0.15) is 0 Å². The lowest BCUT2D eigenvalue weighted by molar-refractivity contribution is -0.119. The van der Waals surface area contributed by atoms with Gasteiger partial charge in [-0.1, -0.05) is 17.9 Å². The summed E-state index contributed by atoms with van der Waals surface area (Å²) in [6.45, 7) is 5.62. The monoisotopic (exact) mass is 245 g/mol. The van der Waals surface area contributed by atoms with Crippen molar-refractivity contribution in [2.45, 2.75) is 26.8 Å². The Kier molecular flexibility index (Phi) is 4.88. The quantitative estimate of drug-likeness (QED) is 0.331. The summed E-state index contributed by atoms with van der Waals surface area (Å²) in [7, 11) is 0. The molecule has 1 aliphatic rings. The third-order valence-electron chi connectivity index (χ3n) is 1.94. The molecule has 1 aliphatic heterocycles. The first-order valence-corrected chi connectivity index (χ1v) is 5.49. The number of amides is 3. The van der Waals surface area contributed by atoms with Crippen molar-refractivity contribution in [3.05, 3.63) is 23.9 Å². The van der Waals surface area contributed by atoms with Gasteiger partial charge in [0.15, 0.2) is 6.04 Å². The van der Waals surface area contributed by atoms with Crippen molar-refractivity contribution in [1.29, 1.82) is 0 Å². The number of allylic oxidation sites excluding steroid dienone is 3. The number of nitrogens with zero attached hydrogens (tertiary/aromatic N) is 1. The Hall–Kier alpha value is -2.35. The van der Waals surface area contributed by atoms with Crippen molar-refractivity contribution >= 4 is 17.6 Å². The van der Waals surface area contributed by atoms with Crippen LogP contribution in [0, 0.1) is 11.8 Å². The number of hydrogen-bond acceptors (Lipinski definition) is 3. The van der Waals surface area contributed by atoms with Crippen molar-refractivity contribution < 1.29 is 9.59 Å². The van der Waals surface area contributed by atoms with Gasteiger partial charge < -0.3 is 5.32 Å². The molecular weight excluding hydrogens is 230 g/mol. The van der Waals surface area contributed by atoms with Crippen molar-refractivity contribution in [3.8, 4) is 11.8 Å². The van der Waals surface area contributed by atoms with E-state index in [-0.39, 0.29) is 0 Å². The summed E-state index contributed by atoms with van der Waals surface area (Å²) in [5.74, 6) is 5.07. The minimum Gasteiger partial charge on any atom is -0.316 e. The third kappa shape index (κ3) is 4.26. The van der Waals surface area contributed by atoms with Crippen LogP contribution in [-0.2, 0) is 4.79 Å². The summed E-state index contributed by atoms with van der Waals surface area (Å²) in [5, 5.41) is 4.52. The third-order valence-corrected chi connectivity index (χ3v) is 1.94. The zero-order valence-corrected chi connectivity index (χ0v) is 10.6. The molecule has 5 nitrogen and oxygen atoms in total. The maximum atomic E-state index is 11.3. The predicted octanol–water partition coefficient (Wildman–Crippen LogP) is 1.14. The molecule has 0 aromatic rings. The van der Waals surface area contributed by atoms with Gasteiger partial charge in [0.05, 0.1) is 0 Å². The van der Waals surface area contributed by atoms with Crippen molar-refractivity contribution in [2.24, 2.45) is 4.99 Å². The van der Waals surface area contributed by atoms with E-state index in [9.17, 15) is 9.59 Å². The van der Waals surface area contributed by atoms with Gasteiger partial charge >= 0.3 is 6.03 Å². The van der Waals surface area contributed by atoms with Crippen LogP contribution in [0.5, 0.6) is 0 Å². The standard InChI is InChI=1S/C13H15N3O2/c1-4-5-10(8-14-9(2)3)6-7-11-12(17)16-13(18)15-11/h4-5,8,11H,1-3H3,(H2,15,16,17,18)/b5-4-,10-8+. The van der Waals surface area contributed by atoms with Crippen molar-refractivity contribution in [3.63, 3.8) is 0 Å². The average Bonchev–Trinajstić information content (AvgIpc) is 2.61. The first kappa shape index (κ1) is 13.7. The van der Waals surface area contributed by atoms with E-state index in [0.29, 0.717) is 5.57 Å². The number of carbonyl (C=O) groups excluding carboxylic acids is 2. The molecule has 0 bridgehead atoms. The smallest absolute Gasteiger partial charge is 0.316 e. The van der Waals surface area contributed by atoms with E-state index in [2.05, 4.69) is 27.5 Å². The van der Waals surface area contributed by atoms with Gasteiger partial charge in [0.2, 0.25) is 0 Å². The summed E-state index contributed by atoms with van der Waals surface area (Å²) >= 11 is 0. The van der Waals surface area contributed by atoms with Crippen LogP contribution < -0.4 is 10.6 Å². The Morgan fingerprint density at radius 1 is 1.39 bits per heavy atom. The van der Waals surface area contributed by atoms with Crippen LogP contribution in [0.25, 0.3) is 0 Å². The molecule has 1 heterocycles. The van der Waals surface area contributed by atoms with Gasteiger partial charge in [-0.15, -0.1) is 0 Å². The lowest BCUT2D eigenvalue weighted by Crippen LogP contribution is -2.26. The van der Waals surface area contributed by atoms with Crippen LogP contribution in [0.2, 0.25) is 0 Å². The highest BCUT2D eigenvalue weighted by Gasteiger charge is 2.27. The molecule has 1 fully saturated rings. The van der Waals surface area contributed by atoms with E-state index >= 15 is 0 Å². The largest absolute Gasteiger partial charge is 0.322 e. The zero-order chi connectivity index (χ0) is 13.5. The summed E-state index contributed by atoms with van der Waals surface area (Å²) in [6.07, 6.45) is 5.24. The molecule has 0 spiro atoms. The minimum atomic E-state index is -0.794. The van der Waals surface area contributed by atoms with Gasteiger partial charge in [-0.05, 0) is 26.8 Å². The Morgan fingerprint density at radius 2 is 2.11 bits per heavy atom. The van der Waals surface area contributed by atoms with E-state index in [4.69, 9.17) is 0 Å². The first-order chi connectivity index (χ1) is 8.52. The Balaban J connectivity index is 2.86. The highest BCUT2D eigenvalue weighted by atomic mass is 16.2. The molecule has 5 heteroatoms. The molecule has 3 amide bonds. The molecule has 1 rings (SSSR count). The second-order valence-corrected chi connectivity index (χ2v) is 3.83. The van der Waals surface area contributed by atoms with Crippen LogP contribution in [-0.4, -0.2) is 23.7 Å². The molecule has 1 unspecified atom stereocenters. The molecule has 0 radical (unpaired) electrons. The molecule has 18 heavy (non-hydrogen) atoms. The highest BCUT2D eigenvalue weighted by molar-refractivity contribution is 6.05. The minimum absolute atomic E-state index is 0.428.